The zero-order chi connectivity index (χ0) is 17.5. The van der Waals surface area contributed by atoms with Gasteiger partial charge >= 0.3 is 0 Å². The first-order valence-electron chi connectivity index (χ1n) is 8.16. The van der Waals surface area contributed by atoms with E-state index in [0.717, 1.165) is 10.9 Å². The summed E-state index contributed by atoms with van der Waals surface area (Å²) in [5.74, 6) is 0.619. The summed E-state index contributed by atoms with van der Waals surface area (Å²) in [6, 6.07) is 5.62. The van der Waals surface area contributed by atoms with Crippen molar-refractivity contribution in [2.75, 3.05) is 18.8 Å². The van der Waals surface area contributed by atoms with Gasteiger partial charge in [-0.25, -0.2) is 4.98 Å². The lowest BCUT2D eigenvalue weighted by Gasteiger charge is -2.31. The maximum atomic E-state index is 12.4. The molecule has 0 saturated carbocycles. The number of pyridine rings is 1. The highest BCUT2D eigenvalue weighted by Gasteiger charge is 2.30. The fraction of sp³-hybridized carbons (Fsp3) is 0.438. The van der Waals surface area contributed by atoms with E-state index in [0.29, 0.717) is 38.2 Å². The molecule has 25 heavy (non-hydrogen) atoms. The van der Waals surface area contributed by atoms with Gasteiger partial charge in [0, 0.05) is 31.5 Å². The molecule has 1 unspecified atom stereocenters. The Labute approximate surface area is 149 Å². The highest BCUT2D eigenvalue weighted by molar-refractivity contribution is 7.99. The van der Waals surface area contributed by atoms with E-state index in [9.17, 15) is 9.59 Å². The second-order valence-electron chi connectivity index (χ2n) is 5.76. The number of thioether (sulfide) groups is 1. The summed E-state index contributed by atoms with van der Waals surface area (Å²) in [6.07, 6.45) is 4.16. The summed E-state index contributed by atoms with van der Waals surface area (Å²) in [5, 5.41) is 10.2. The smallest absolute Gasteiger partial charge is 0.224 e. The van der Waals surface area contributed by atoms with Crippen molar-refractivity contribution >= 4 is 23.6 Å². The van der Waals surface area contributed by atoms with Crippen LogP contribution in [-0.2, 0) is 16.1 Å². The number of hydrogen-bond donors (Lipinski definition) is 2. The molecule has 1 saturated heterocycles. The largest absolute Gasteiger partial charge is 0.355 e. The summed E-state index contributed by atoms with van der Waals surface area (Å²) >= 11 is 1.50. The number of H-pyrrole nitrogens is 1. The third-order valence-electron chi connectivity index (χ3n) is 3.98. The van der Waals surface area contributed by atoms with Crippen LogP contribution in [0.15, 0.2) is 35.9 Å². The average Bonchev–Trinajstić information content (AvgIpc) is 3.15. The maximum Gasteiger partial charge on any atom is 0.224 e. The molecule has 2 aromatic heterocycles. The van der Waals surface area contributed by atoms with E-state index in [1.54, 1.807) is 11.1 Å². The van der Waals surface area contributed by atoms with E-state index in [-0.39, 0.29) is 17.7 Å². The number of likely N-dealkylation sites (tertiary alicyclic amines) is 1. The second-order valence-corrected chi connectivity index (χ2v) is 6.84. The van der Waals surface area contributed by atoms with Crippen LogP contribution in [0.2, 0.25) is 0 Å². The lowest BCUT2D eigenvalue weighted by molar-refractivity contribution is -0.138. The van der Waals surface area contributed by atoms with Crippen molar-refractivity contribution < 1.29 is 9.59 Å². The number of carbonyl (C=O) groups is 2. The summed E-state index contributed by atoms with van der Waals surface area (Å²) in [7, 11) is 0. The molecule has 0 bridgehead atoms. The van der Waals surface area contributed by atoms with Crippen molar-refractivity contribution in [3.8, 4) is 0 Å². The minimum absolute atomic E-state index is 0.00306. The molecule has 0 aliphatic carbocycles. The zero-order valence-corrected chi connectivity index (χ0v) is 14.5. The van der Waals surface area contributed by atoms with E-state index < -0.39 is 0 Å². The van der Waals surface area contributed by atoms with Crippen LogP contribution in [0.4, 0.5) is 0 Å². The summed E-state index contributed by atoms with van der Waals surface area (Å²) in [4.78, 5) is 34.4. The minimum Gasteiger partial charge on any atom is -0.355 e. The maximum absolute atomic E-state index is 12.4. The van der Waals surface area contributed by atoms with Gasteiger partial charge < -0.3 is 10.2 Å². The quantitative estimate of drug-likeness (QED) is 0.560. The fourth-order valence-electron chi connectivity index (χ4n) is 2.70. The molecule has 1 aliphatic rings. The predicted molar refractivity (Wildman–Crippen MR) is 92.5 cm³/mol. The van der Waals surface area contributed by atoms with E-state index in [1.165, 1.54) is 18.1 Å². The van der Waals surface area contributed by atoms with Gasteiger partial charge in [0.05, 0.1) is 18.2 Å². The van der Waals surface area contributed by atoms with Crippen LogP contribution < -0.4 is 5.32 Å². The summed E-state index contributed by atoms with van der Waals surface area (Å²) in [6.45, 7) is 1.44. The molecule has 0 spiro atoms. The lowest BCUT2D eigenvalue weighted by atomic mass is 9.96. The molecular formula is C16H20N6O2S. The van der Waals surface area contributed by atoms with Gasteiger partial charge in [0.25, 0.3) is 0 Å². The molecule has 1 atom stereocenters. The van der Waals surface area contributed by atoms with Gasteiger partial charge in [-0.3, -0.25) is 19.7 Å². The number of aromatic nitrogens is 4. The predicted octanol–water partition coefficient (Wildman–Crippen LogP) is 0.847. The molecule has 1 aliphatic heterocycles. The zero-order valence-electron chi connectivity index (χ0n) is 13.7. The van der Waals surface area contributed by atoms with E-state index in [1.807, 2.05) is 18.2 Å². The van der Waals surface area contributed by atoms with Crippen LogP contribution in [0.3, 0.4) is 0 Å². The fourth-order valence-corrected chi connectivity index (χ4v) is 3.34. The topological polar surface area (TPSA) is 104 Å². The van der Waals surface area contributed by atoms with Crippen LogP contribution >= 0.6 is 11.8 Å². The number of nitrogens with one attached hydrogen (secondary N) is 2. The number of piperidine rings is 1. The van der Waals surface area contributed by atoms with Gasteiger partial charge in [0.1, 0.15) is 6.33 Å². The van der Waals surface area contributed by atoms with Crippen LogP contribution in [0, 0.1) is 5.92 Å². The first-order valence-corrected chi connectivity index (χ1v) is 9.14. The lowest BCUT2D eigenvalue weighted by Crippen LogP contribution is -2.45. The Morgan fingerprint density at radius 2 is 2.32 bits per heavy atom. The third kappa shape index (κ3) is 5.02. The van der Waals surface area contributed by atoms with Gasteiger partial charge in [-0.1, -0.05) is 17.8 Å². The highest BCUT2D eigenvalue weighted by Crippen LogP contribution is 2.19. The first kappa shape index (κ1) is 17.4. The average molecular weight is 360 g/mol. The molecule has 1 fully saturated rings. The minimum atomic E-state index is -0.170. The molecule has 8 nitrogen and oxygen atoms in total. The van der Waals surface area contributed by atoms with Gasteiger partial charge in [-0.2, -0.15) is 5.10 Å². The molecule has 3 heterocycles. The number of aromatic amines is 1. The monoisotopic (exact) mass is 360 g/mol. The SMILES string of the molecule is O=C(NCCSc1ncn[nH]1)C1CCC(=O)N(Cc2ccccn2)C1. The van der Waals surface area contributed by atoms with Crippen LogP contribution in [0.5, 0.6) is 0 Å². The standard InChI is InChI=1S/C16H20N6O2S/c23-14-5-4-12(9-22(14)10-13-3-1-2-6-17-13)15(24)18-7-8-25-16-19-11-20-21-16/h1-3,6,11-12H,4-5,7-10H2,(H,18,24)(H,19,20,21). The number of nitrogens with zero attached hydrogens (tertiary/aromatic N) is 4. The Morgan fingerprint density at radius 1 is 1.40 bits per heavy atom. The Hall–Kier alpha value is -2.42. The van der Waals surface area contributed by atoms with Crippen molar-refractivity contribution in [1.82, 2.24) is 30.4 Å². The number of rotatable bonds is 7. The van der Waals surface area contributed by atoms with Crippen molar-refractivity contribution in [3.05, 3.63) is 36.4 Å². The van der Waals surface area contributed by atoms with E-state index in [2.05, 4.69) is 25.5 Å². The molecule has 9 heteroatoms. The van der Waals surface area contributed by atoms with Crippen molar-refractivity contribution in [3.63, 3.8) is 0 Å². The van der Waals surface area contributed by atoms with Gasteiger partial charge in [-0.05, 0) is 18.6 Å². The van der Waals surface area contributed by atoms with Crippen molar-refractivity contribution in [2.45, 2.75) is 24.5 Å². The third-order valence-corrected chi connectivity index (χ3v) is 4.86. The Kier molecular flexibility index (Phi) is 5.99. The van der Waals surface area contributed by atoms with Crippen molar-refractivity contribution in [1.29, 1.82) is 0 Å². The van der Waals surface area contributed by atoms with Gasteiger partial charge in [0.15, 0.2) is 5.16 Å². The molecule has 0 aromatic carbocycles. The van der Waals surface area contributed by atoms with E-state index >= 15 is 0 Å². The molecule has 3 rings (SSSR count). The van der Waals surface area contributed by atoms with Gasteiger partial charge in [-0.15, -0.1) is 0 Å². The Bertz CT molecular complexity index is 694. The summed E-state index contributed by atoms with van der Waals surface area (Å²) < 4.78 is 0. The second kappa shape index (κ2) is 8.61. The van der Waals surface area contributed by atoms with Crippen molar-refractivity contribution in [2.24, 2.45) is 5.92 Å². The van der Waals surface area contributed by atoms with Crippen LogP contribution in [0.1, 0.15) is 18.5 Å². The first-order chi connectivity index (χ1) is 12.2. The number of carbonyl (C=O) groups excluding carboxylic acids is 2. The molecule has 132 valence electrons. The van der Waals surface area contributed by atoms with Gasteiger partial charge in [0.2, 0.25) is 11.8 Å². The Balaban J connectivity index is 1.45. The number of amides is 2. The van der Waals surface area contributed by atoms with Crippen LogP contribution in [0.25, 0.3) is 0 Å². The van der Waals surface area contributed by atoms with E-state index in [4.69, 9.17) is 0 Å². The Morgan fingerprint density at radius 3 is 3.08 bits per heavy atom. The molecule has 2 N–H and O–H groups in total. The highest BCUT2D eigenvalue weighted by atomic mass is 32.2. The van der Waals surface area contributed by atoms with Crippen LogP contribution in [-0.4, -0.2) is 55.7 Å². The molecule has 2 amide bonds. The molecule has 2 aromatic rings. The number of hydrogen-bond acceptors (Lipinski definition) is 6. The normalized spacial score (nSPS) is 17.5. The summed E-state index contributed by atoms with van der Waals surface area (Å²) in [5.41, 5.74) is 0.834. The molecule has 0 radical (unpaired) electrons. The molecular weight excluding hydrogens is 340 g/mol.